The number of hydrogen-bond donors (Lipinski definition) is 0. The third-order valence-electron chi connectivity index (χ3n) is 3.28. The fourth-order valence-electron chi connectivity index (χ4n) is 2.22. The summed E-state index contributed by atoms with van der Waals surface area (Å²) in [5.74, 6) is 0.845. The van der Waals surface area contributed by atoms with Crippen LogP contribution in [0.3, 0.4) is 0 Å². The first-order valence-electron chi connectivity index (χ1n) is 6.86. The molecule has 1 saturated heterocycles. The van der Waals surface area contributed by atoms with Gasteiger partial charge in [0, 0.05) is 42.7 Å². The average Bonchev–Trinajstić information content (AvgIpc) is 3.14. The fourth-order valence-corrected chi connectivity index (χ4v) is 3.90. The Morgan fingerprint density at radius 3 is 3.14 bits per heavy atom. The number of hydrogen-bond acceptors (Lipinski definition) is 8. The SMILES string of the molecule is COCCc1nsc(N2CCOCC2c2nc(C)cs2)n1. The van der Waals surface area contributed by atoms with E-state index in [4.69, 9.17) is 9.47 Å². The molecule has 1 atom stereocenters. The minimum atomic E-state index is 0.140. The first kappa shape index (κ1) is 14.8. The normalized spacial score (nSPS) is 19.1. The van der Waals surface area contributed by atoms with Crippen LogP contribution in [0.2, 0.25) is 0 Å². The van der Waals surface area contributed by atoms with Crippen LogP contribution in [0, 0.1) is 6.92 Å². The van der Waals surface area contributed by atoms with Gasteiger partial charge in [-0.2, -0.15) is 4.37 Å². The van der Waals surface area contributed by atoms with Crippen LogP contribution in [0.25, 0.3) is 0 Å². The van der Waals surface area contributed by atoms with Crippen LogP contribution >= 0.6 is 22.9 Å². The number of methoxy groups -OCH3 is 1. The summed E-state index contributed by atoms with van der Waals surface area (Å²) in [4.78, 5) is 11.5. The lowest BCUT2D eigenvalue weighted by Crippen LogP contribution is -2.39. The van der Waals surface area contributed by atoms with Gasteiger partial charge in [0.2, 0.25) is 5.13 Å². The number of anilines is 1. The summed E-state index contributed by atoms with van der Waals surface area (Å²) in [5, 5.41) is 4.11. The smallest absolute Gasteiger partial charge is 0.205 e. The Bertz CT molecular complexity index is 586. The van der Waals surface area contributed by atoms with Crippen molar-refractivity contribution in [3.63, 3.8) is 0 Å². The highest BCUT2D eigenvalue weighted by molar-refractivity contribution is 7.10. The Kier molecular flexibility index (Phi) is 4.79. The minimum absolute atomic E-state index is 0.140. The second-order valence-electron chi connectivity index (χ2n) is 4.85. The fraction of sp³-hybridized carbons (Fsp3) is 0.615. The topological polar surface area (TPSA) is 60.4 Å². The summed E-state index contributed by atoms with van der Waals surface area (Å²) in [6.07, 6.45) is 0.748. The molecule has 21 heavy (non-hydrogen) atoms. The monoisotopic (exact) mass is 326 g/mol. The predicted molar refractivity (Wildman–Crippen MR) is 83.2 cm³/mol. The lowest BCUT2D eigenvalue weighted by atomic mass is 10.2. The van der Waals surface area contributed by atoms with Gasteiger partial charge in [-0.15, -0.1) is 11.3 Å². The lowest BCUT2D eigenvalue weighted by molar-refractivity contribution is 0.0940. The number of ether oxygens (including phenoxy) is 2. The van der Waals surface area contributed by atoms with Crippen LogP contribution in [0.1, 0.15) is 22.6 Å². The van der Waals surface area contributed by atoms with E-state index in [-0.39, 0.29) is 6.04 Å². The van der Waals surface area contributed by atoms with Gasteiger partial charge in [0.25, 0.3) is 0 Å². The van der Waals surface area contributed by atoms with Crippen molar-refractivity contribution in [3.05, 3.63) is 21.9 Å². The molecular weight excluding hydrogens is 308 g/mol. The van der Waals surface area contributed by atoms with E-state index in [2.05, 4.69) is 24.6 Å². The maximum absolute atomic E-state index is 5.63. The third kappa shape index (κ3) is 3.39. The van der Waals surface area contributed by atoms with Gasteiger partial charge in [0.15, 0.2) is 0 Å². The van der Waals surface area contributed by atoms with Crippen molar-refractivity contribution >= 4 is 28.0 Å². The van der Waals surface area contributed by atoms with E-state index in [9.17, 15) is 0 Å². The molecule has 3 heterocycles. The maximum atomic E-state index is 5.63. The number of thiazole rings is 1. The molecule has 0 aromatic carbocycles. The van der Waals surface area contributed by atoms with Gasteiger partial charge in [-0.1, -0.05) is 0 Å². The molecule has 2 aromatic rings. The van der Waals surface area contributed by atoms with E-state index in [1.54, 1.807) is 18.4 Å². The molecule has 1 unspecified atom stereocenters. The Balaban J connectivity index is 1.79. The molecule has 0 aliphatic carbocycles. The zero-order chi connectivity index (χ0) is 14.7. The molecule has 3 rings (SSSR count). The second kappa shape index (κ2) is 6.78. The highest BCUT2D eigenvalue weighted by Gasteiger charge is 2.29. The highest BCUT2D eigenvalue weighted by atomic mass is 32.1. The van der Waals surface area contributed by atoms with Crippen LogP contribution in [0.5, 0.6) is 0 Å². The molecule has 114 valence electrons. The van der Waals surface area contributed by atoms with E-state index >= 15 is 0 Å². The predicted octanol–water partition coefficient (Wildman–Crippen LogP) is 2.07. The zero-order valence-corrected chi connectivity index (χ0v) is 13.7. The summed E-state index contributed by atoms with van der Waals surface area (Å²) in [7, 11) is 1.69. The quantitative estimate of drug-likeness (QED) is 0.838. The van der Waals surface area contributed by atoms with Gasteiger partial charge in [-0.25, -0.2) is 9.97 Å². The van der Waals surface area contributed by atoms with Gasteiger partial charge < -0.3 is 14.4 Å². The van der Waals surface area contributed by atoms with Crippen molar-refractivity contribution in [1.82, 2.24) is 14.3 Å². The molecule has 1 aliphatic heterocycles. The standard InChI is InChI=1S/C13H18N4O2S2/c1-9-8-20-12(14-9)10-7-19-6-4-17(10)13-15-11(16-21-13)3-5-18-2/h8,10H,3-7H2,1-2H3. The van der Waals surface area contributed by atoms with Crippen LogP contribution in [-0.2, 0) is 15.9 Å². The van der Waals surface area contributed by atoms with Crippen molar-refractivity contribution in [2.75, 3.05) is 38.4 Å². The third-order valence-corrected chi connectivity index (χ3v) is 5.14. The second-order valence-corrected chi connectivity index (χ2v) is 6.47. The number of aromatic nitrogens is 3. The van der Waals surface area contributed by atoms with Crippen LogP contribution in [0.4, 0.5) is 5.13 Å². The first-order chi connectivity index (χ1) is 10.3. The summed E-state index contributed by atoms with van der Waals surface area (Å²) in [6.45, 7) is 4.85. The first-order valence-corrected chi connectivity index (χ1v) is 8.51. The number of nitrogens with zero attached hydrogens (tertiary/aromatic N) is 4. The Morgan fingerprint density at radius 2 is 2.38 bits per heavy atom. The van der Waals surface area contributed by atoms with E-state index in [1.165, 1.54) is 11.5 Å². The molecule has 0 amide bonds. The summed E-state index contributed by atoms with van der Waals surface area (Å²) in [5.41, 5.74) is 1.05. The van der Waals surface area contributed by atoms with Gasteiger partial charge in [0.1, 0.15) is 16.9 Å². The largest absolute Gasteiger partial charge is 0.384 e. The van der Waals surface area contributed by atoms with Crippen molar-refractivity contribution in [1.29, 1.82) is 0 Å². The molecule has 2 aromatic heterocycles. The van der Waals surface area contributed by atoms with Gasteiger partial charge in [-0.3, -0.25) is 0 Å². The molecule has 0 spiro atoms. The van der Waals surface area contributed by atoms with E-state index in [1.807, 2.05) is 6.92 Å². The average molecular weight is 326 g/mol. The molecule has 8 heteroatoms. The lowest BCUT2D eigenvalue weighted by Gasteiger charge is -2.33. The molecule has 6 nitrogen and oxygen atoms in total. The van der Waals surface area contributed by atoms with Gasteiger partial charge in [-0.05, 0) is 6.92 Å². The molecule has 1 aliphatic rings. The molecule has 1 fully saturated rings. The molecular formula is C13H18N4O2S2. The van der Waals surface area contributed by atoms with E-state index in [0.717, 1.165) is 34.6 Å². The minimum Gasteiger partial charge on any atom is -0.384 e. The highest BCUT2D eigenvalue weighted by Crippen LogP contribution is 2.32. The van der Waals surface area contributed by atoms with Crippen LogP contribution in [0.15, 0.2) is 5.38 Å². The van der Waals surface area contributed by atoms with Crippen molar-refractivity contribution < 1.29 is 9.47 Å². The van der Waals surface area contributed by atoms with E-state index in [0.29, 0.717) is 19.8 Å². The molecule has 0 bridgehead atoms. The van der Waals surface area contributed by atoms with Crippen molar-refractivity contribution in [3.8, 4) is 0 Å². The van der Waals surface area contributed by atoms with Crippen molar-refractivity contribution in [2.24, 2.45) is 0 Å². The number of morpholine rings is 1. The number of aryl methyl sites for hydroxylation is 1. The van der Waals surface area contributed by atoms with Gasteiger partial charge in [0.05, 0.1) is 19.8 Å². The summed E-state index contributed by atoms with van der Waals surface area (Å²) >= 11 is 3.12. The zero-order valence-electron chi connectivity index (χ0n) is 12.1. The van der Waals surface area contributed by atoms with Crippen molar-refractivity contribution in [2.45, 2.75) is 19.4 Å². The Morgan fingerprint density at radius 1 is 1.48 bits per heavy atom. The van der Waals surface area contributed by atoms with Crippen LogP contribution in [-0.4, -0.2) is 47.8 Å². The maximum Gasteiger partial charge on any atom is 0.205 e. The Labute approximate surface area is 131 Å². The summed E-state index contributed by atoms with van der Waals surface area (Å²) in [6, 6.07) is 0.140. The van der Waals surface area contributed by atoms with Crippen LogP contribution < -0.4 is 4.90 Å². The Hall–Kier alpha value is -1.09. The molecule has 0 N–H and O–H groups in total. The summed E-state index contributed by atoms with van der Waals surface area (Å²) < 4.78 is 15.1. The molecule has 0 radical (unpaired) electrons. The molecule has 0 saturated carbocycles. The van der Waals surface area contributed by atoms with E-state index < -0.39 is 0 Å². The van der Waals surface area contributed by atoms with Gasteiger partial charge >= 0.3 is 0 Å². The number of rotatable bonds is 5.